The van der Waals surface area contributed by atoms with Crippen molar-refractivity contribution in [2.45, 2.75) is 38.3 Å². The molecule has 0 aliphatic heterocycles. The van der Waals surface area contributed by atoms with E-state index < -0.39 is 12.1 Å². The van der Waals surface area contributed by atoms with Crippen molar-refractivity contribution in [1.29, 1.82) is 0 Å². The number of H-pyrrole nitrogens is 1. The van der Waals surface area contributed by atoms with Crippen LogP contribution < -0.4 is 0 Å². The first-order valence-electron chi connectivity index (χ1n) is 8.32. The van der Waals surface area contributed by atoms with Crippen molar-refractivity contribution in [1.82, 2.24) is 20.1 Å². The van der Waals surface area contributed by atoms with Crippen LogP contribution in [0.5, 0.6) is 0 Å². The van der Waals surface area contributed by atoms with Crippen LogP contribution in [0.1, 0.15) is 31.6 Å². The standard InChI is InChI=1S/C17H17F3N4O/c18-17(19,20)11-3-1-10(2-4-11)9-14-23-16(24-25-14)13-6-8-22-15-12(13)5-7-21-15/h5-8,10-11H,1-4,9H2,(H,21,22). The summed E-state index contributed by atoms with van der Waals surface area (Å²) in [5.74, 6) is -0.0470. The van der Waals surface area contributed by atoms with Gasteiger partial charge in [0.15, 0.2) is 0 Å². The summed E-state index contributed by atoms with van der Waals surface area (Å²) in [6.07, 6.45) is 1.36. The van der Waals surface area contributed by atoms with Crippen molar-refractivity contribution in [3.05, 3.63) is 30.4 Å². The molecule has 3 aromatic rings. The number of alkyl halides is 3. The second-order valence-electron chi connectivity index (χ2n) is 6.57. The Morgan fingerprint density at radius 2 is 1.96 bits per heavy atom. The Morgan fingerprint density at radius 1 is 1.16 bits per heavy atom. The van der Waals surface area contributed by atoms with Crippen LogP contribution >= 0.6 is 0 Å². The molecule has 1 aliphatic rings. The number of fused-ring (bicyclic) bond motifs is 1. The van der Waals surface area contributed by atoms with Crippen molar-refractivity contribution in [2.24, 2.45) is 11.8 Å². The molecule has 0 amide bonds. The highest BCUT2D eigenvalue weighted by Crippen LogP contribution is 2.40. The van der Waals surface area contributed by atoms with Gasteiger partial charge in [-0.05, 0) is 43.7 Å². The lowest BCUT2D eigenvalue weighted by Crippen LogP contribution is -2.28. The van der Waals surface area contributed by atoms with E-state index in [2.05, 4.69) is 20.1 Å². The maximum Gasteiger partial charge on any atom is 0.391 e. The minimum atomic E-state index is -4.08. The number of halogens is 3. The minimum Gasteiger partial charge on any atom is -0.346 e. The van der Waals surface area contributed by atoms with E-state index in [-0.39, 0.29) is 18.8 Å². The van der Waals surface area contributed by atoms with Crippen LogP contribution in [0.3, 0.4) is 0 Å². The van der Waals surface area contributed by atoms with Gasteiger partial charge in [0.25, 0.3) is 0 Å². The largest absolute Gasteiger partial charge is 0.391 e. The zero-order valence-electron chi connectivity index (χ0n) is 13.4. The zero-order chi connectivity index (χ0) is 17.4. The van der Waals surface area contributed by atoms with Gasteiger partial charge in [-0.25, -0.2) is 4.98 Å². The maximum atomic E-state index is 12.7. The molecular weight excluding hydrogens is 333 g/mol. The van der Waals surface area contributed by atoms with Crippen LogP contribution in [0, 0.1) is 11.8 Å². The van der Waals surface area contributed by atoms with Crippen LogP contribution in [-0.4, -0.2) is 26.3 Å². The van der Waals surface area contributed by atoms with Gasteiger partial charge >= 0.3 is 6.18 Å². The molecule has 0 spiro atoms. The van der Waals surface area contributed by atoms with Gasteiger partial charge in [0.1, 0.15) is 5.65 Å². The molecule has 0 bridgehead atoms. The van der Waals surface area contributed by atoms with E-state index >= 15 is 0 Å². The second kappa shape index (κ2) is 6.16. The maximum absolute atomic E-state index is 12.7. The number of nitrogens with one attached hydrogen (secondary N) is 1. The fraction of sp³-hybridized carbons (Fsp3) is 0.471. The fourth-order valence-corrected chi connectivity index (χ4v) is 3.54. The molecule has 3 aromatic heterocycles. The third-order valence-electron chi connectivity index (χ3n) is 4.94. The van der Waals surface area contributed by atoms with Crippen molar-refractivity contribution in [3.8, 4) is 11.4 Å². The van der Waals surface area contributed by atoms with E-state index in [1.54, 1.807) is 12.4 Å². The molecule has 1 saturated carbocycles. The Labute approximate surface area is 141 Å². The lowest BCUT2D eigenvalue weighted by Gasteiger charge is -2.29. The highest BCUT2D eigenvalue weighted by atomic mass is 19.4. The van der Waals surface area contributed by atoms with Gasteiger partial charge in [0, 0.05) is 29.8 Å². The van der Waals surface area contributed by atoms with E-state index in [0.29, 0.717) is 31.0 Å². The van der Waals surface area contributed by atoms with Crippen LogP contribution in [0.25, 0.3) is 22.4 Å². The average molecular weight is 350 g/mol. The predicted molar refractivity (Wildman–Crippen MR) is 84.6 cm³/mol. The number of hydrogen-bond donors (Lipinski definition) is 1. The molecule has 0 unspecified atom stereocenters. The summed E-state index contributed by atoms with van der Waals surface area (Å²) in [5.41, 5.74) is 1.57. The molecule has 4 rings (SSSR count). The van der Waals surface area contributed by atoms with Gasteiger partial charge in [-0.1, -0.05) is 5.16 Å². The van der Waals surface area contributed by atoms with Gasteiger partial charge in [0.2, 0.25) is 11.7 Å². The van der Waals surface area contributed by atoms with Gasteiger partial charge in [-0.2, -0.15) is 18.2 Å². The molecule has 5 nitrogen and oxygen atoms in total. The summed E-state index contributed by atoms with van der Waals surface area (Å²) >= 11 is 0. The number of hydrogen-bond acceptors (Lipinski definition) is 4. The monoisotopic (exact) mass is 350 g/mol. The van der Waals surface area contributed by atoms with Crippen LogP contribution in [0.2, 0.25) is 0 Å². The van der Waals surface area contributed by atoms with Crippen LogP contribution in [-0.2, 0) is 6.42 Å². The van der Waals surface area contributed by atoms with Crippen molar-refractivity contribution in [2.75, 3.05) is 0 Å². The first-order chi connectivity index (χ1) is 12.0. The summed E-state index contributed by atoms with van der Waals surface area (Å²) in [4.78, 5) is 11.7. The number of aromatic nitrogens is 4. The molecule has 25 heavy (non-hydrogen) atoms. The first-order valence-corrected chi connectivity index (χ1v) is 8.32. The Morgan fingerprint density at radius 3 is 2.72 bits per heavy atom. The Hall–Kier alpha value is -2.38. The van der Waals surface area contributed by atoms with Crippen molar-refractivity contribution < 1.29 is 17.7 Å². The molecule has 3 heterocycles. The SMILES string of the molecule is FC(F)(F)C1CCC(Cc2nc(-c3ccnc4[nH]ccc34)no2)CC1. The molecule has 0 radical (unpaired) electrons. The second-order valence-corrected chi connectivity index (χ2v) is 6.57. The molecule has 1 fully saturated rings. The number of rotatable bonds is 3. The van der Waals surface area contributed by atoms with Crippen LogP contribution in [0.4, 0.5) is 13.2 Å². The third kappa shape index (κ3) is 3.25. The highest BCUT2D eigenvalue weighted by molar-refractivity contribution is 5.90. The molecule has 8 heteroatoms. The summed E-state index contributed by atoms with van der Waals surface area (Å²) in [7, 11) is 0. The normalized spacial score (nSPS) is 21.7. The van der Waals surface area contributed by atoms with Gasteiger partial charge in [-0.15, -0.1) is 0 Å². The number of nitrogens with zero attached hydrogens (tertiary/aromatic N) is 3. The Kier molecular flexibility index (Phi) is 3.97. The molecule has 0 aromatic carbocycles. The quantitative estimate of drug-likeness (QED) is 0.754. The summed E-state index contributed by atoms with van der Waals surface area (Å²) < 4.78 is 43.5. The van der Waals surface area contributed by atoms with E-state index in [0.717, 1.165) is 16.6 Å². The van der Waals surface area contributed by atoms with E-state index in [9.17, 15) is 13.2 Å². The molecular formula is C17H17F3N4O. The minimum absolute atomic E-state index is 0.164. The summed E-state index contributed by atoms with van der Waals surface area (Å²) in [6, 6.07) is 3.71. The van der Waals surface area contributed by atoms with E-state index in [1.165, 1.54) is 0 Å². The van der Waals surface area contributed by atoms with Crippen molar-refractivity contribution in [3.63, 3.8) is 0 Å². The molecule has 1 N–H and O–H groups in total. The van der Waals surface area contributed by atoms with Gasteiger partial charge in [-0.3, -0.25) is 0 Å². The predicted octanol–water partition coefficient (Wildman–Crippen LogP) is 4.52. The Balaban J connectivity index is 1.45. The molecule has 1 aliphatic carbocycles. The van der Waals surface area contributed by atoms with E-state index in [4.69, 9.17) is 4.52 Å². The van der Waals surface area contributed by atoms with Crippen molar-refractivity contribution >= 4 is 11.0 Å². The topological polar surface area (TPSA) is 67.6 Å². The molecule has 0 atom stereocenters. The lowest BCUT2D eigenvalue weighted by molar-refractivity contribution is -0.183. The number of aromatic amines is 1. The molecule has 0 saturated heterocycles. The zero-order valence-corrected chi connectivity index (χ0v) is 13.4. The van der Waals surface area contributed by atoms with E-state index in [1.807, 2.05) is 12.1 Å². The van der Waals surface area contributed by atoms with Gasteiger partial charge < -0.3 is 9.51 Å². The average Bonchev–Trinajstić information content (AvgIpc) is 3.23. The van der Waals surface area contributed by atoms with Gasteiger partial charge in [0.05, 0.1) is 5.92 Å². The highest BCUT2D eigenvalue weighted by Gasteiger charge is 2.41. The third-order valence-corrected chi connectivity index (χ3v) is 4.94. The molecule has 132 valence electrons. The lowest BCUT2D eigenvalue weighted by atomic mass is 9.80. The summed E-state index contributed by atoms with van der Waals surface area (Å²) in [6.45, 7) is 0. The smallest absolute Gasteiger partial charge is 0.346 e. The Bertz CT molecular complexity index is 862. The summed E-state index contributed by atoms with van der Waals surface area (Å²) in [5, 5.41) is 4.93. The number of pyridine rings is 1. The first kappa shape index (κ1) is 16.1. The fourth-order valence-electron chi connectivity index (χ4n) is 3.54. The van der Waals surface area contributed by atoms with Crippen LogP contribution in [0.15, 0.2) is 29.0 Å².